The van der Waals surface area contributed by atoms with E-state index in [2.05, 4.69) is 15.3 Å². The van der Waals surface area contributed by atoms with Gasteiger partial charge in [-0.15, -0.1) is 0 Å². The van der Waals surface area contributed by atoms with Gasteiger partial charge in [0.25, 0.3) is 5.69 Å². The van der Waals surface area contributed by atoms with Gasteiger partial charge in [0.1, 0.15) is 0 Å². The highest BCUT2D eigenvalue weighted by Crippen LogP contribution is 2.27. The number of H-pyrrole nitrogens is 1. The molecule has 1 aromatic heterocycles. The molecule has 3 rings (SSSR count). The zero-order valence-corrected chi connectivity index (χ0v) is 14.7. The molecule has 0 unspecified atom stereocenters. The number of hydrogen-bond acceptors (Lipinski definition) is 5. The van der Waals surface area contributed by atoms with Crippen molar-refractivity contribution in [2.45, 2.75) is 44.9 Å². The van der Waals surface area contributed by atoms with Crippen LogP contribution in [0.1, 0.15) is 49.9 Å². The van der Waals surface area contributed by atoms with Crippen molar-refractivity contribution in [2.75, 3.05) is 0 Å². The number of nitrogens with one attached hydrogen (secondary N) is 1. The Balaban J connectivity index is 1.75. The van der Waals surface area contributed by atoms with Crippen LogP contribution in [0, 0.1) is 20.8 Å². The molecule has 1 aliphatic carbocycles. The predicted molar refractivity (Wildman–Crippen MR) is 98.4 cm³/mol. The number of aromatic amines is 1. The quantitative estimate of drug-likeness (QED) is 0.361. The molecular formula is C17H21N5O2S. The number of rotatable bonds is 6. The number of hydrogen-bond donors (Lipinski definition) is 1. The van der Waals surface area contributed by atoms with Crippen molar-refractivity contribution in [3.8, 4) is 0 Å². The van der Waals surface area contributed by atoms with Crippen LogP contribution in [0.3, 0.4) is 0 Å². The van der Waals surface area contributed by atoms with Crippen molar-refractivity contribution in [1.29, 1.82) is 0 Å². The Kier molecular flexibility index (Phi) is 5.70. The van der Waals surface area contributed by atoms with E-state index >= 15 is 0 Å². The first kappa shape index (κ1) is 17.5. The maximum atomic E-state index is 11.1. The maximum Gasteiger partial charge on any atom is 0.278 e. The molecule has 7 nitrogen and oxygen atoms in total. The average Bonchev–Trinajstić information content (AvgIpc) is 2.99. The van der Waals surface area contributed by atoms with Crippen LogP contribution in [-0.2, 0) is 6.42 Å². The van der Waals surface area contributed by atoms with Crippen molar-refractivity contribution >= 4 is 24.1 Å². The van der Waals surface area contributed by atoms with Gasteiger partial charge < -0.3 is 0 Å². The van der Waals surface area contributed by atoms with E-state index in [1.165, 1.54) is 44.4 Å². The molecule has 0 spiro atoms. The highest BCUT2D eigenvalue weighted by Gasteiger charge is 2.15. The number of benzene rings is 1. The van der Waals surface area contributed by atoms with Crippen LogP contribution in [0.25, 0.3) is 0 Å². The van der Waals surface area contributed by atoms with Crippen molar-refractivity contribution in [3.05, 3.63) is 50.5 Å². The predicted octanol–water partition coefficient (Wildman–Crippen LogP) is 4.24. The van der Waals surface area contributed by atoms with Crippen LogP contribution in [-0.4, -0.2) is 26.0 Å². The Morgan fingerprint density at radius 3 is 2.88 bits per heavy atom. The molecule has 1 aliphatic rings. The van der Waals surface area contributed by atoms with E-state index in [-0.39, 0.29) is 5.69 Å². The van der Waals surface area contributed by atoms with E-state index in [4.69, 9.17) is 12.2 Å². The maximum absolute atomic E-state index is 11.1. The van der Waals surface area contributed by atoms with E-state index in [1.54, 1.807) is 22.9 Å². The molecule has 0 aliphatic heterocycles. The van der Waals surface area contributed by atoms with Gasteiger partial charge in [-0.1, -0.05) is 44.2 Å². The third-order valence-corrected chi connectivity index (χ3v) is 4.93. The van der Waals surface area contributed by atoms with Crippen LogP contribution in [0.15, 0.2) is 29.4 Å². The molecule has 0 saturated heterocycles. The fraction of sp³-hybridized carbons (Fsp3) is 0.471. The summed E-state index contributed by atoms with van der Waals surface area (Å²) in [5.74, 6) is 1.51. The molecule has 0 bridgehead atoms. The second kappa shape index (κ2) is 8.15. The van der Waals surface area contributed by atoms with E-state index < -0.39 is 4.92 Å². The lowest BCUT2D eigenvalue weighted by molar-refractivity contribution is -0.385. The van der Waals surface area contributed by atoms with Crippen molar-refractivity contribution in [1.82, 2.24) is 14.9 Å². The normalized spacial score (nSPS) is 15.7. The molecule has 1 heterocycles. The molecular weight excluding hydrogens is 338 g/mol. The molecule has 1 saturated carbocycles. The molecule has 0 radical (unpaired) electrons. The van der Waals surface area contributed by atoms with Crippen molar-refractivity contribution in [2.24, 2.45) is 11.0 Å². The fourth-order valence-corrected chi connectivity index (χ4v) is 3.50. The zero-order valence-electron chi connectivity index (χ0n) is 13.9. The van der Waals surface area contributed by atoms with Gasteiger partial charge in [0.15, 0.2) is 5.82 Å². The molecule has 1 aromatic carbocycles. The number of nitrogens with zero attached hydrogens (tertiary/aromatic N) is 4. The van der Waals surface area contributed by atoms with Gasteiger partial charge in [-0.25, -0.2) is 0 Å². The smallest absolute Gasteiger partial charge is 0.258 e. The van der Waals surface area contributed by atoms with Gasteiger partial charge in [-0.2, -0.15) is 14.9 Å². The fourth-order valence-electron chi connectivity index (χ4n) is 3.30. The largest absolute Gasteiger partial charge is 0.278 e. The summed E-state index contributed by atoms with van der Waals surface area (Å²) >= 11 is 5.24. The molecule has 132 valence electrons. The van der Waals surface area contributed by atoms with Crippen LogP contribution >= 0.6 is 12.2 Å². The Labute approximate surface area is 150 Å². The van der Waals surface area contributed by atoms with Gasteiger partial charge in [-0.05, 0) is 30.6 Å². The van der Waals surface area contributed by atoms with E-state index in [0.29, 0.717) is 10.3 Å². The number of aromatic nitrogens is 3. The standard InChI is InChI=1S/C17H21N5O2S/c23-22(24)15-9-5-4-8-14(15)12-18-21-16(19-20-17(21)25)11-10-13-6-2-1-3-7-13/h4-5,8-9,12-13H,1-3,6-7,10-11H2,(H,20,25)/b18-12-. The van der Waals surface area contributed by atoms with Crippen molar-refractivity contribution in [3.63, 3.8) is 0 Å². The number of para-hydroxylation sites is 1. The summed E-state index contributed by atoms with van der Waals surface area (Å²) in [6.07, 6.45) is 9.87. The summed E-state index contributed by atoms with van der Waals surface area (Å²) in [6.45, 7) is 0. The van der Waals surface area contributed by atoms with Gasteiger partial charge in [0.05, 0.1) is 16.7 Å². The lowest BCUT2D eigenvalue weighted by atomic mass is 9.86. The summed E-state index contributed by atoms with van der Waals surface area (Å²) in [5, 5.41) is 22.5. The monoisotopic (exact) mass is 359 g/mol. The van der Waals surface area contributed by atoms with E-state index in [0.717, 1.165) is 24.6 Å². The number of nitro groups is 1. The molecule has 1 fully saturated rings. The third-order valence-electron chi connectivity index (χ3n) is 4.66. The minimum Gasteiger partial charge on any atom is -0.258 e. The van der Waals surface area contributed by atoms with Crippen molar-refractivity contribution < 1.29 is 4.92 Å². The van der Waals surface area contributed by atoms with E-state index in [9.17, 15) is 10.1 Å². The first-order valence-corrected chi connectivity index (χ1v) is 9.00. The summed E-state index contributed by atoms with van der Waals surface area (Å²) in [6, 6.07) is 6.49. The van der Waals surface area contributed by atoms with Crippen LogP contribution in [0.2, 0.25) is 0 Å². The second-order valence-corrected chi connectivity index (χ2v) is 6.75. The zero-order chi connectivity index (χ0) is 17.6. The first-order valence-electron chi connectivity index (χ1n) is 8.59. The highest BCUT2D eigenvalue weighted by atomic mass is 32.1. The topological polar surface area (TPSA) is 89.1 Å². The van der Waals surface area contributed by atoms with Gasteiger partial charge in [0, 0.05) is 12.5 Å². The lowest BCUT2D eigenvalue weighted by Gasteiger charge is -2.20. The number of nitro benzene ring substituents is 1. The molecule has 0 atom stereocenters. The third kappa shape index (κ3) is 4.39. The number of aryl methyl sites for hydroxylation is 1. The summed E-state index contributed by atoms with van der Waals surface area (Å²) in [5.41, 5.74) is 0.457. The molecule has 0 amide bonds. The lowest BCUT2D eigenvalue weighted by Crippen LogP contribution is -2.09. The second-order valence-electron chi connectivity index (χ2n) is 6.36. The van der Waals surface area contributed by atoms with Gasteiger partial charge in [0.2, 0.25) is 4.77 Å². The minimum absolute atomic E-state index is 0.0185. The minimum atomic E-state index is -0.417. The molecule has 25 heavy (non-hydrogen) atoms. The van der Waals surface area contributed by atoms with E-state index in [1.807, 2.05) is 0 Å². The van der Waals surface area contributed by atoms with Crippen LogP contribution < -0.4 is 0 Å². The Bertz CT molecular complexity index is 820. The SMILES string of the molecule is O=[N+]([O-])c1ccccc1/C=N\n1c(CCC2CCCCC2)n[nH]c1=S. The van der Waals surface area contributed by atoms with Crippen LogP contribution in [0.4, 0.5) is 5.69 Å². The Morgan fingerprint density at radius 2 is 2.12 bits per heavy atom. The summed E-state index contributed by atoms with van der Waals surface area (Å²) < 4.78 is 1.96. The van der Waals surface area contributed by atoms with Gasteiger partial charge in [-0.3, -0.25) is 15.2 Å². The van der Waals surface area contributed by atoms with Gasteiger partial charge >= 0.3 is 0 Å². The molecule has 1 N–H and O–H groups in total. The first-order chi connectivity index (χ1) is 12.1. The summed E-state index contributed by atoms with van der Waals surface area (Å²) in [4.78, 5) is 10.7. The average molecular weight is 359 g/mol. The molecule has 8 heteroatoms. The Hall–Kier alpha value is -2.35. The molecule has 2 aromatic rings. The van der Waals surface area contributed by atoms with Crippen LogP contribution in [0.5, 0.6) is 0 Å². The Morgan fingerprint density at radius 1 is 1.36 bits per heavy atom. The highest BCUT2D eigenvalue weighted by molar-refractivity contribution is 7.71. The summed E-state index contributed by atoms with van der Waals surface area (Å²) in [7, 11) is 0.